The second kappa shape index (κ2) is 6.73. The third-order valence-electron chi connectivity index (χ3n) is 2.60. The van der Waals surface area contributed by atoms with Crippen molar-refractivity contribution in [1.82, 2.24) is 4.42 Å². The minimum Gasteiger partial charge on any atom is -0.220 e. The van der Waals surface area contributed by atoms with Gasteiger partial charge in [-0.1, -0.05) is 33.6 Å². The highest BCUT2D eigenvalue weighted by molar-refractivity contribution is 6.13. The highest BCUT2D eigenvalue weighted by atomic mass is 35.5. The molecule has 0 rings (SSSR count). The molecule has 2 unspecified atom stereocenters. The average Bonchev–Trinajstić information content (AvgIpc) is 2.03. The minimum atomic E-state index is 0.552. The molecule has 2 heteroatoms. The van der Waals surface area contributed by atoms with Gasteiger partial charge < -0.3 is 0 Å². The standard InChI is InChI=1S/C10H22ClN/c1-5-8-9(6-2)10(7-3)12(4)11/h9-10H,5-8H2,1-4H3. The van der Waals surface area contributed by atoms with Crippen LogP contribution in [0.3, 0.4) is 0 Å². The molecule has 1 nitrogen and oxygen atoms in total. The van der Waals surface area contributed by atoms with E-state index in [4.69, 9.17) is 11.8 Å². The minimum absolute atomic E-state index is 0.552. The molecule has 0 aromatic heterocycles. The van der Waals surface area contributed by atoms with Crippen LogP contribution in [0.2, 0.25) is 0 Å². The molecule has 0 heterocycles. The summed E-state index contributed by atoms with van der Waals surface area (Å²) in [4.78, 5) is 0. The van der Waals surface area contributed by atoms with E-state index in [2.05, 4.69) is 20.8 Å². The quantitative estimate of drug-likeness (QED) is 0.579. The molecule has 0 aromatic carbocycles. The Kier molecular flexibility index (Phi) is 6.87. The van der Waals surface area contributed by atoms with Gasteiger partial charge in [0.1, 0.15) is 0 Å². The van der Waals surface area contributed by atoms with Crippen LogP contribution in [-0.4, -0.2) is 17.5 Å². The van der Waals surface area contributed by atoms with Crippen LogP contribution in [0.5, 0.6) is 0 Å². The Balaban J connectivity index is 4.02. The molecule has 0 fully saturated rings. The molecule has 0 radical (unpaired) electrons. The molecule has 0 N–H and O–H groups in total. The van der Waals surface area contributed by atoms with Crippen molar-refractivity contribution < 1.29 is 0 Å². The van der Waals surface area contributed by atoms with E-state index in [0.717, 1.165) is 12.3 Å². The largest absolute Gasteiger partial charge is 0.220 e. The van der Waals surface area contributed by atoms with Gasteiger partial charge in [0.15, 0.2) is 0 Å². The van der Waals surface area contributed by atoms with Crippen molar-refractivity contribution in [2.75, 3.05) is 7.05 Å². The highest BCUT2D eigenvalue weighted by Crippen LogP contribution is 2.22. The van der Waals surface area contributed by atoms with Gasteiger partial charge in [0.2, 0.25) is 0 Å². The van der Waals surface area contributed by atoms with Gasteiger partial charge in [-0.05, 0) is 30.5 Å². The molecule has 0 saturated carbocycles. The number of nitrogens with zero attached hydrogens (tertiary/aromatic N) is 1. The summed E-state index contributed by atoms with van der Waals surface area (Å²) >= 11 is 5.99. The van der Waals surface area contributed by atoms with Gasteiger partial charge in [-0.25, -0.2) is 4.42 Å². The summed E-state index contributed by atoms with van der Waals surface area (Å²) in [6, 6.07) is 0.552. The zero-order valence-corrected chi connectivity index (χ0v) is 9.56. The molecular weight excluding hydrogens is 170 g/mol. The van der Waals surface area contributed by atoms with Crippen molar-refractivity contribution in [3.05, 3.63) is 0 Å². The van der Waals surface area contributed by atoms with E-state index in [1.165, 1.54) is 19.3 Å². The van der Waals surface area contributed by atoms with Crippen molar-refractivity contribution in [2.24, 2.45) is 5.92 Å². The van der Waals surface area contributed by atoms with Gasteiger partial charge in [-0.15, -0.1) is 0 Å². The topological polar surface area (TPSA) is 3.24 Å². The van der Waals surface area contributed by atoms with Crippen molar-refractivity contribution in [2.45, 2.75) is 52.5 Å². The summed E-state index contributed by atoms with van der Waals surface area (Å²) in [6.45, 7) is 6.70. The first-order valence-corrected chi connectivity index (χ1v) is 5.39. The van der Waals surface area contributed by atoms with Crippen molar-refractivity contribution in [3.63, 3.8) is 0 Å². The van der Waals surface area contributed by atoms with Crippen LogP contribution >= 0.6 is 11.8 Å². The zero-order chi connectivity index (χ0) is 9.56. The second-order valence-electron chi connectivity index (χ2n) is 3.46. The maximum atomic E-state index is 5.99. The first kappa shape index (κ1) is 12.2. The number of halogens is 1. The predicted octanol–water partition coefficient (Wildman–Crippen LogP) is 3.68. The maximum Gasteiger partial charge on any atom is 0.0274 e. The first-order valence-electron chi connectivity index (χ1n) is 5.05. The molecule has 0 saturated heterocycles. The Labute approximate surface area is 82.2 Å². The highest BCUT2D eigenvalue weighted by Gasteiger charge is 2.20. The molecule has 0 spiro atoms. The van der Waals surface area contributed by atoms with Gasteiger partial charge in [-0.2, -0.15) is 0 Å². The molecule has 0 aromatic rings. The fraction of sp³-hybridized carbons (Fsp3) is 1.00. The first-order chi connectivity index (χ1) is 5.67. The monoisotopic (exact) mass is 191 g/mol. The lowest BCUT2D eigenvalue weighted by atomic mass is 9.91. The molecule has 12 heavy (non-hydrogen) atoms. The Morgan fingerprint density at radius 1 is 1.17 bits per heavy atom. The molecular formula is C10H22ClN. The average molecular weight is 192 g/mol. The van der Waals surface area contributed by atoms with Gasteiger partial charge in [-0.3, -0.25) is 0 Å². The van der Waals surface area contributed by atoms with E-state index in [9.17, 15) is 0 Å². The van der Waals surface area contributed by atoms with Gasteiger partial charge in [0.05, 0.1) is 0 Å². The predicted molar refractivity (Wildman–Crippen MR) is 56.4 cm³/mol. The lowest BCUT2D eigenvalue weighted by Crippen LogP contribution is -2.31. The van der Waals surface area contributed by atoms with Gasteiger partial charge >= 0.3 is 0 Å². The number of rotatable bonds is 6. The summed E-state index contributed by atoms with van der Waals surface area (Å²) in [7, 11) is 1.97. The van der Waals surface area contributed by atoms with E-state index in [-0.39, 0.29) is 0 Å². The zero-order valence-electron chi connectivity index (χ0n) is 8.81. The van der Waals surface area contributed by atoms with Gasteiger partial charge in [0.25, 0.3) is 0 Å². The summed E-state index contributed by atoms with van der Waals surface area (Å²) in [5, 5.41) is 0. The number of hydrogen-bond donors (Lipinski definition) is 0. The molecule has 2 atom stereocenters. The Morgan fingerprint density at radius 2 is 1.75 bits per heavy atom. The van der Waals surface area contributed by atoms with Crippen LogP contribution in [0.1, 0.15) is 46.5 Å². The molecule has 0 amide bonds. The lowest BCUT2D eigenvalue weighted by Gasteiger charge is -2.28. The third-order valence-corrected chi connectivity index (χ3v) is 2.85. The van der Waals surface area contributed by atoms with Crippen molar-refractivity contribution in [3.8, 4) is 0 Å². The summed E-state index contributed by atoms with van der Waals surface area (Å²) in [5.41, 5.74) is 0. The SMILES string of the molecule is CCCC(CC)C(CC)N(C)Cl. The van der Waals surface area contributed by atoms with Crippen molar-refractivity contribution >= 4 is 11.8 Å². The Hall–Kier alpha value is 0.250. The van der Waals surface area contributed by atoms with Gasteiger partial charge in [0, 0.05) is 13.1 Å². The smallest absolute Gasteiger partial charge is 0.0274 e. The Morgan fingerprint density at radius 3 is 2.00 bits per heavy atom. The normalized spacial score (nSPS) is 16.5. The van der Waals surface area contributed by atoms with E-state index in [0.29, 0.717) is 6.04 Å². The number of hydrogen-bond acceptors (Lipinski definition) is 1. The van der Waals surface area contributed by atoms with Crippen LogP contribution < -0.4 is 0 Å². The maximum absolute atomic E-state index is 5.99. The van der Waals surface area contributed by atoms with E-state index in [1.807, 2.05) is 11.5 Å². The molecule has 0 aliphatic heterocycles. The third kappa shape index (κ3) is 3.77. The van der Waals surface area contributed by atoms with Crippen LogP contribution in [0, 0.1) is 5.92 Å². The van der Waals surface area contributed by atoms with E-state index >= 15 is 0 Å². The molecule has 0 aliphatic carbocycles. The van der Waals surface area contributed by atoms with Crippen LogP contribution in [0.25, 0.3) is 0 Å². The summed E-state index contributed by atoms with van der Waals surface area (Å²) < 4.78 is 1.85. The van der Waals surface area contributed by atoms with E-state index < -0.39 is 0 Å². The van der Waals surface area contributed by atoms with E-state index in [1.54, 1.807) is 0 Å². The molecule has 0 aliphatic rings. The van der Waals surface area contributed by atoms with Crippen molar-refractivity contribution in [1.29, 1.82) is 0 Å². The summed E-state index contributed by atoms with van der Waals surface area (Å²) in [5.74, 6) is 0.766. The Bertz CT molecular complexity index is 104. The molecule has 74 valence electrons. The van der Waals surface area contributed by atoms with Crippen LogP contribution in [0.15, 0.2) is 0 Å². The summed E-state index contributed by atoms with van der Waals surface area (Å²) in [6.07, 6.45) is 4.95. The second-order valence-corrected chi connectivity index (χ2v) is 3.99. The van der Waals surface area contributed by atoms with Crippen LogP contribution in [-0.2, 0) is 0 Å². The molecule has 0 bridgehead atoms. The van der Waals surface area contributed by atoms with Crippen LogP contribution in [0.4, 0.5) is 0 Å². The fourth-order valence-corrected chi connectivity index (χ4v) is 2.21. The fourth-order valence-electron chi connectivity index (χ4n) is 1.91. The lowest BCUT2D eigenvalue weighted by molar-refractivity contribution is 0.246.